The Labute approximate surface area is 167 Å². The average molecular weight is 382 g/mol. The fraction of sp³-hybridized carbons (Fsp3) is 0.565. The number of aryl methyl sites for hydroxylation is 1. The van der Waals surface area contributed by atoms with Gasteiger partial charge in [0, 0.05) is 62.5 Å². The first kappa shape index (κ1) is 19.2. The third-order valence-electron chi connectivity index (χ3n) is 6.36. The van der Waals surface area contributed by atoms with Crippen molar-refractivity contribution in [2.24, 2.45) is 0 Å². The molecule has 1 amide bonds. The minimum Gasteiger partial charge on any atom is -0.385 e. The zero-order chi connectivity index (χ0) is 19.5. The van der Waals surface area contributed by atoms with Gasteiger partial charge in [-0.2, -0.15) is 0 Å². The molecule has 1 saturated heterocycles. The number of carbonyl (C=O) groups excluding carboxylic acids is 1. The van der Waals surface area contributed by atoms with Crippen LogP contribution in [0.3, 0.4) is 0 Å². The van der Waals surface area contributed by atoms with Crippen molar-refractivity contribution in [2.45, 2.75) is 57.9 Å². The normalized spacial score (nSPS) is 20.7. The van der Waals surface area contributed by atoms with E-state index in [1.54, 1.807) is 6.92 Å². The second-order valence-electron chi connectivity index (χ2n) is 8.20. The highest BCUT2D eigenvalue weighted by Gasteiger charge is 2.27. The maximum atomic E-state index is 12.0. The first-order chi connectivity index (χ1) is 13.6. The Bertz CT molecular complexity index is 793. The van der Waals surface area contributed by atoms with Gasteiger partial charge in [-0.15, -0.1) is 0 Å². The van der Waals surface area contributed by atoms with Gasteiger partial charge in [-0.1, -0.05) is 18.2 Å². The van der Waals surface area contributed by atoms with Gasteiger partial charge >= 0.3 is 0 Å². The molecule has 0 atom stereocenters. The lowest BCUT2D eigenvalue weighted by Crippen LogP contribution is -2.43. The molecule has 1 aliphatic carbocycles. The highest BCUT2D eigenvalue weighted by molar-refractivity contribution is 6.12. The maximum Gasteiger partial charge on any atom is 0.219 e. The number of rotatable bonds is 4. The molecule has 1 aromatic carbocycles. The fourth-order valence-corrected chi connectivity index (χ4v) is 4.69. The van der Waals surface area contributed by atoms with Gasteiger partial charge in [0.1, 0.15) is 0 Å². The molecule has 150 valence electrons. The van der Waals surface area contributed by atoms with Crippen molar-refractivity contribution in [1.29, 1.82) is 5.41 Å². The van der Waals surface area contributed by atoms with E-state index in [4.69, 9.17) is 10.1 Å². The number of amides is 1. The average Bonchev–Trinajstić information content (AvgIpc) is 2.73. The van der Waals surface area contributed by atoms with E-state index in [2.05, 4.69) is 23.5 Å². The molecule has 0 radical (unpaired) electrons. The quantitative estimate of drug-likeness (QED) is 0.787. The smallest absolute Gasteiger partial charge is 0.219 e. The number of hydrogen-bond acceptors (Lipinski definition) is 4. The Balaban J connectivity index is 1.66. The summed E-state index contributed by atoms with van der Waals surface area (Å²) in [5, 5.41) is 12.8. The monoisotopic (exact) mass is 381 g/mol. The third-order valence-corrected chi connectivity index (χ3v) is 6.36. The van der Waals surface area contributed by atoms with Crippen LogP contribution in [0, 0.1) is 5.41 Å². The van der Waals surface area contributed by atoms with Crippen LogP contribution in [0.1, 0.15) is 55.7 Å². The van der Waals surface area contributed by atoms with E-state index in [-0.39, 0.29) is 5.91 Å². The van der Waals surface area contributed by atoms with Crippen LogP contribution in [-0.2, 0) is 22.4 Å². The molecule has 0 bridgehead atoms. The third kappa shape index (κ3) is 4.00. The SMILES string of the molecule is CC(=O)N1CCC(NC2CCOCC2)=C(C(=N)c2cccc3c2CCCC3)C1. The molecule has 5 nitrogen and oxygen atoms in total. The molecule has 0 aromatic heterocycles. The Hall–Kier alpha value is -2.14. The van der Waals surface area contributed by atoms with Gasteiger partial charge < -0.3 is 15.0 Å². The van der Waals surface area contributed by atoms with Crippen molar-refractivity contribution in [1.82, 2.24) is 10.2 Å². The van der Waals surface area contributed by atoms with Crippen LogP contribution in [-0.4, -0.2) is 48.9 Å². The molecule has 4 rings (SSSR count). The number of nitrogens with one attached hydrogen (secondary N) is 2. The Morgan fingerprint density at radius 1 is 1.18 bits per heavy atom. The molecular formula is C23H31N3O2. The second-order valence-corrected chi connectivity index (χ2v) is 8.20. The molecule has 28 heavy (non-hydrogen) atoms. The lowest BCUT2D eigenvalue weighted by atomic mass is 9.84. The summed E-state index contributed by atoms with van der Waals surface area (Å²) in [6, 6.07) is 6.80. The number of fused-ring (bicyclic) bond motifs is 1. The Morgan fingerprint density at radius 3 is 2.75 bits per heavy atom. The summed E-state index contributed by atoms with van der Waals surface area (Å²) in [5.41, 5.74) is 6.54. The van der Waals surface area contributed by atoms with Crippen LogP contribution in [0.2, 0.25) is 0 Å². The summed E-state index contributed by atoms with van der Waals surface area (Å²) in [4.78, 5) is 13.9. The van der Waals surface area contributed by atoms with Gasteiger partial charge in [0.2, 0.25) is 5.91 Å². The van der Waals surface area contributed by atoms with E-state index in [0.29, 0.717) is 18.3 Å². The summed E-state index contributed by atoms with van der Waals surface area (Å²) in [7, 11) is 0. The van der Waals surface area contributed by atoms with Gasteiger partial charge in [-0.3, -0.25) is 10.2 Å². The van der Waals surface area contributed by atoms with Crippen molar-refractivity contribution < 1.29 is 9.53 Å². The van der Waals surface area contributed by atoms with E-state index >= 15 is 0 Å². The van der Waals surface area contributed by atoms with E-state index in [9.17, 15) is 4.79 Å². The number of hydrogen-bond donors (Lipinski definition) is 2. The summed E-state index contributed by atoms with van der Waals surface area (Å²) >= 11 is 0. The lowest BCUT2D eigenvalue weighted by Gasteiger charge is -2.34. The fourth-order valence-electron chi connectivity index (χ4n) is 4.69. The van der Waals surface area contributed by atoms with E-state index in [0.717, 1.165) is 68.7 Å². The molecule has 2 aliphatic heterocycles. The van der Waals surface area contributed by atoms with Crippen molar-refractivity contribution in [2.75, 3.05) is 26.3 Å². The second kappa shape index (κ2) is 8.48. The highest BCUT2D eigenvalue weighted by atomic mass is 16.5. The molecule has 2 heterocycles. The molecule has 0 spiro atoms. The first-order valence-electron chi connectivity index (χ1n) is 10.7. The van der Waals surface area contributed by atoms with Gasteiger partial charge in [0.15, 0.2) is 0 Å². The Kier molecular flexibility index (Phi) is 5.81. The zero-order valence-corrected chi connectivity index (χ0v) is 16.9. The summed E-state index contributed by atoms with van der Waals surface area (Å²) < 4.78 is 5.49. The summed E-state index contributed by atoms with van der Waals surface area (Å²) in [6.07, 6.45) is 7.40. The maximum absolute atomic E-state index is 12.0. The van der Waals surface area contributed by atoms with Gasteiger partial charge in [-0.05, 0) is 49.7 Å². The minimum absolute atomic E-state index is 0.0884. The van der Waals surface area contributed by atoms with Crippen LogP contribution in [0.15, 0.2) is 29.5 Å². The topological polar surface area (TPSA) is 65.4 Å². The van der Waals surface area contributed by atoms with Crippen molar-refractivity contribution in [3.63, 3.8) is 0 Å². The number of nitrogens with zero attached hydrogens (tertiary/aromatic N) is 1. The van der Waals surface area contributed by atoms with Crippen LogP contribution < -0.4 is 5.32 Å². The van der Waals surface area contributed by atoms with Gasteiger partial charge in [-0.25, -0.2) is 0 Å². The highest BCUT2D eigenvalue weighted by Crippen LogP contribution is 2.28. The Morgan fingerprint density at radius 2 is 1.96 bits per heavy atom. The standard InChI is InChI=1S/C23H31N3O2/c1-16(27)26-12-9-22(25-18-10-13-28-14-11-18)21(15-26)23(24)20-8-4-6-17-5-2-3-7-19(17)20/h4,6,8,18,24-25H,2-3,5,7,9-15H2,1H3. The van der Waals surface area contributed by atoms with E-state index < -0.39 is 0 Å². The number of benzene rings is 1. The number of carbonyl (C=O) groups is 1. The van der Waals surface area contributed by atoms with E-state index in [1.807, 2.05) is 4.90 Å². The molecule has 3 aliphatic rings. The van der Waals surface area contributed by atoms with Crippen molar-refractivity contribution in [3.05, 3.63) is 46.2 Å². The largest absolute Gasteiger partial charge is 0.385 e. The lowest BCUT2D eigenvalue weighted by molar-refractivity contribution is -0.128. The van der Waals surface area contributed by atoms with Crippen molar-refractivity contribution >= 4 is 11.6 Å². The van der Waals surface area contributed by atoms with Crippen LogP contribution in [0.25, 0.3) is 0 Å². The number of ether oxygens (including phenoxy) is 1. The minimum atomic E-state index is 0.0884. The predicted molar refractivity (Wildman–Crippen MR) is 111 cm³/mol. The molecule has 0 saturated carbocycles. The molecule has 2 N–H and O–H groups in total. The summed E-state index contributed by atoms with van der Waals surface area (Å²) in [5.74, 6) is 0.0884. The molecule has 1 aromatic rings. The predicted octanol–water partition coefficient (Wildman–Crippen LogP) is 3.21. The van der Waals surface area contributed by atoms with Crippen molar-refractivity contribution in [3.8, 4) is 0 Å². The van der Waals surface area contributed by atoms with Gasteiger partial charge in [0.05, 0.1) is 5.71 Å². The molecule has 1 fully saturated rings. The summed E-state index contributed by atoms with van der Waals surface area (Å²) in [6.45, 7) is 4.48. The molecule has 0 unspecified atom stereocenters. The van der Waals surface area contributed by atoms with E-state index in [1.165, 1.54) is 24.0 Å². The zero-order valence-electron chi connectivity index (χ0n) is 16.9. The first-order valence-corrected chi connectivity index (χ1v) is 10.7. The van der Waals surface area contributed by atoms with Gasteiger partial charge in [0.25, 0.3) is 0 Å². The van der Waals surface area contributed by atoms with Crippen LogP contribution in [0.4, 0.5) is 0 Å². The van der Waals surface area contributed by atoms with Crippen LogP contribution >= 0.6 is 0 Å². The van der Waals surface area contributed by atoms with Crippen LogP contribution in [0.5, 0.6) is 0 Å². The molecular weight excluding hydrogens is 350 g/mol. The molecule has 5 heteroatoms.